The first-order valence-corrected chi connectivity index (χ1v) is 6.13. The van der Waals surface area contributed by atoms with Crippen molar-refractivity contribution in [3.63, 3.8) is 0 Å². The molecule has 2 nitrogen and oxygen atoms in total. The zero-order valence-corrected chi connectivity index (χ0v) is 10.9. The molecular weight excluding hydrogens is 255 g/mol. The van der Waals surface area contributed by atoms with E-state index in [4.69, 9.17) is 23.2 Å². The number of nitrogens with one attached hydrogen (secondary N) is 1. The van der Waals surface area contributed by atoms with Crippen LogP contribution in [0.5, 0.6) is 0 Å². The number of hydrogen-bond acceptors (Lipinski definition) is 2. The molecule has 2 rings (SSSR count). The molecule has 1 N–H and O–H groups in total. The Labute approximate surface area is 111 Å². The van der Waals surface area contributed by atoms with Crippen molar-refractivity contribution in [2.24, 2.45) is 0 Å². The van der Waals surface area contributed by atoms with Gasteiger partial charge in [0, 0.05) is 12.1 Å². The monoisotopic (exact) mass is 266 g/mol. The minimum atomic E-state index is 0.537. The number of hydrogen-bond donors (Lipinski definition) is 1. The third-order valence-corrected chi connectivity index (χ3v) is 3.15. The van der Waals surface area contributed by atoms with E-state index in [1.165, 1.54) is 0 Å². The fraction of sp³-hybridized carbons (Fsp3) is 0.154. The molecule has 0 bridgehead atoms. The molecule has 0 spiro atoms. The van der Waals surface area contributed by atoms with E-state index in [2.05, 4.69) is 10.3 Å². The zero-order chi connectivity index (χ0) is 12.3. The van der Waals surface area contributed by atoms with Gasteiger partial charge in [0.1, 0.15) is 5.82 Å². The molecule has 88 valence electrons. The van der Waals surface area contributed by atoms with Crippen molar-refractivity contribution in [3.05, 3.63) is 46.4 Å². The summed E-state index contributed by atoms with van der Waals surface area (Å²) in [5.74, 6) is 0.834. The standard InChI is InChI=1S/C13H12Cl2N2/c1-2-16-12-8-4-7-11(17-12)9-5-3-6-10(14)13(9)15/h3-8H,2H2,1H3,(H,16,17). The van der Waals surface area contributed by atoms with Crippen molar-refractivity contribution >= 4 is 29.0 Å². The molecule has 0 aliphatic carbocycles. The summed E-state index contributed by atoms with van der Waals surface area (Å²) < 4.78 is 0. The lowest BCUT2D eigenvalue weighted by molar-refractivity contribution is 1.16. The fourth-order valence-corrected chi connectivity index (χ4v) is 1.96. The molecule has 2 aromatic rings. The minimum Gasteiger partial charge on any atom is -0.370 e. The van der Waals surface area contributed by atoms with Gasteiger partial charge in [0.25, 0.3) is 0 Å². The second-order valence-corrected chi connectivity index (χ2v) is 4.32. The van der Waals surface area contributed by atoms with Gasteiger partial charge in [-0.3, -0.25) is 0 Å². The van der Waals surface area contributed by atoms with Crippen LogP contribution in [0, 0.1) is 0 Å². The quantitative estimate of drug-likeness (QED) is 0.886. The maximum atomic E-state index is 6.16. The molecule has 0 saturated carbocycles. The lowest BCUT2D eigenvalue weighted by atomic mass is 10.1. The summed E-state index contributed by atoms with van der Waals surface area (Å²) in [5.41, 5.74) is 1.66. The molecule has 0 amide bonds. The molecule has 0 unspecified atom stereocenters. The van der Waals surface area contributed by atoms with Crippen LogP contribution in [0.25, 0.3) is 11.3 Å². The van der Waals surface area contributed by atoms with Crippen molar-refractivity contribution in [1.82, 2.24) is 4.98 Å². The summed E-state index contributed by atoms with van der Waals surface area (Å²) in [4.78, 5) is 4.48. The molecule has 0 saturated heterocycles. The van der Waals surface area contributed by atoms with Crippen LogP contribution in [-0.2, 0) is 0 Å². The summed E-state index contributed by atoms with van der Waals surface area (Å²) in [7, 11) is 0. The molecule has 1 aromatic heterocycles. The Morgan fingerprint density at radius 2 is 1.88 bits per heavy atom. The molecule has 17 heavy (non-hydrogen) atoms. The van der Waals surface area contributed by atoms with Crippen LogP contribution in [0.1, 0.15) is 6.92 Å². The van der Waals surface area contributed by atoms with Crippen molar-refractivity contribution in [2.75, 3.05) is 11.9 Å². The van der Waals surface area contributed by atoms with Crippen LogP contribution >= 0.6 is 23.2 Å². The highest BCUT2D eigenvalue weighted by atomic mass is 35.5. The van der Waals surface area contributed by atoms with Crippen molar-refractivity contribution in [3.8, 4) is 11.3 Å². The number of aromatic nitrogens is 1. The van der Waals surface area contributed by atoms with Gasteiger partial charge < -0.3 is 5.32 Å². The summed E-state index contributed by atoms with van der Waals surface area (Å²) in [5, 5.41) is 4.24. The molecule has 0 atom stereocenters. The second-order valence-electron chi connectivity index (χ2n) is 3.54. The van der Waals surface area contributed by atoms with Gasteiger partial charge in [0.2, 0.25) is 0 Å². The van der Waals surface area contributed by atoms with E-state index in [0.29, 0.717) is 10.0 Å². The van der Waals surface area contributed by atoms with Gasteiger partial charge in [0.15, 0.2) is 0 Å². The van der Waals surface area contributed by atoms with Crippen molar-refractivity contribution in [2.45, 2.75) is 6.92 Å². The van der Waals surface area contributed by atoms with Crippen molar-refractivity contribution < 1.29 is 0 Å². The van der Waals surface area contributed by atoms with Gasteiger partial charge in [0.05, 0.1) is 15.7 Å². The Hall–Kier alpha value is -1.25. The van der Waals surface area contributed by atoms with Gasteiger partial charge in [-0.2, -0.15) is 0 Å². The predicted molar refractivity (Wildman–Crippen MR) is 73.9 cm³/mol. The van der Waals surface area contributed by atoms with E-state index < -0.39 is 0 Å². The number of benzene rings is 1. The highest BCUT2D eigenvalue weighted by Gasteiger charge is 2.08. The molecule has 0 fully saturated rings. The van der Waals surface area contributed by atoms with Gasteiger partial charge in [-0.05, 0) is 25.1 Å². The van der Waals surface area contributed by atoms with Crippen LogP contribution < -0.4 is 5.32 Å². The van der Waals surface area contributed by atoms with Crippen LogP contribution in [0.15, 0.2) is 36.4 Å². The lowest BCUT2D eigenvalue weighted by Gasteiger charge is -2.07. The number of halogens is 2. The Morgan fingerprint density at radius 1 is 1.12 bits per heavy atom. The van der Waals surface area contributed by atoms with Crippen LogP contribution in [0.3, 0.4) is 0 Å². The maximum absolute atomic E-state index is 6.16. The van der Waals surface area contributed by atoms with Gasteiger partial charge >= 0.3 is 0 Å². The number of anilines is 1. The first kappa shape index (κ1) is 12.2. The third-order valence-electron chi connectivity index (χ3n) is 2.33. The molecule has 4 heteroatoms. The lowest BCUT2D eigenvalue weighted by Crippen LogP contribution is -1.99. The number of pyridine rings is 1. The Morgan fingerprint density at radius 3 is 2.65 bits per heavy atom. The summed E-state index contributed by atoms with van der Waals surface area (Å²) >= 11 is 12.2. The van der Waals surface area contributed by atoms with Gasteiger partial charge in [-0.1, -0.05) is 41.4 Å². The summed E-state index contributed by atoms with van der Waals surface area (Å²) in [6.07, 6.45) is 0. The SMILES string of the molecule is CCNc1cccc(-c2cccc(Cl)c2Cl)n1. The average molecular weight is 267 g/mol. The van der Waals surface area contributed by atoms with Crippen LogP contribution in [-0.4, -0.2) is 11.5 Å². The Bertz CT molecular complexity index is 527. The van der Waals surface area contributed by atoms with E-state index >= 15 is 0 Å². The minimum absolute atomic E-state index is 0.537. The maximum Gasteiger partial charge on any atom is 0.126 e. The van der Waals surface area contributed by atoms with E-state index in [0.717, 1.165) is 23.6 Å². The normalized spacial score (nSPS) is 10.3. The fourth-order valence-electron chi connectivity index (χ4n) is 1.57. The summed E-state index contributed by atoms with van der Waals surface area (Å²) in [6, 6.07) is 11.3. The third kappa shape index (κ3) is 2.71. The molecule has 0 aliphatic heterocycles. The zero-order valence-electron chi connectivity index (χ0n) is 9.37. The molecular formula is C13H12Cl2N2. The largest absolute Gasteiger partial charge is 0.370 e. The van der Waals surface area contributed by atoms with E-state index in [9.17, 15) is 0 Å². The van der Waals surface area contributed by atoms with Gasteiger partial charge in [-0.15, -0.1) is 0 Å². The number of rotatable bonds is 3. The van der Waals surface area contributed by atoms with Crippen molar-refractivity contribution in [1.29, 1.82) is 0 Å². The number of nitrogens with zero attached hydrogens (tertiary/aromatic N) is 1. The Balaban J connectivity index is 2.45. The highest BCUT2D eigenvalue weighted by molar-refractivity contribution is 6.43. The predicted octanol–water partition coefficient (Wildman–Crippen LogP) is 4.49. The molecule has 0 aliphatic rings. The van der Waals surface area contributed by atoms with E-state index in [-0.39, 0.29) is 0 Å². The molecule has 1 heterocycles. The Kier molecular flexibility index (Phi) is 3.87. The first-order valence-electron chi connectivity index (χ1n) is 5.37. The van der Waals surface area contributed by atoms with E-state index in [1.54, 1.807) is 6.07 Å². The highest BCUT2D eigenvalue weighted by Crippen LogP contribution is 2.32. The van der Waals surface area contributed by atoms with Crippen LogP contribution in [0.2, 0.25) is 10.0 Å². The average Bonchev–Trinajstić information content (AvgIpc) is 2.33. The topological polar surface area (TPSA) is 24.9 Å². The first-order chi connectivity index (χ1) is 8.22. The summed E-state index contributed by atoms with van der Waals surface area (Å²) in [6.45, 7) is 2.86. The second kappa shape index (κ2) is 5.39. The van der Waals surface area contributed by atoms with E-state index in [1.807, 2.05) is 37.3 Å². The van der Waals surface area contributed by atoms with Gasteiger partial charge in [-0.25, -0.2) is 4.98 Å². The smallest absolute Gasteiger partial charge is 0.126 e. The molecule has 0 radical (unpaired) electrons. The van der Waals surface area contributed by atoms with Crippen LogP contribution in [0.4, 0.5) is 5.82 Å². The molecule has 1 aromatic carbocycles.